The lowest BCUT2D eigenvalue weighted by Gasteiger charge is -2.38. The van der Waals surface area contributed by atoms with E-state index in [1.807, 2.05) is 90.3 Å². The molecule has 10 nitrogen and oxygen atoms in total. The van der Waals surface area contributed by atoms with Gasteiger partial charge in [-0.2, -0.15) is 10.4 Å². The van der Waals surface area contributed by atoms with Gasteiger partial charge in [-0.25, -0.2) is 9.97 Å². The number of hydrogen-bond acceptors (Lipinski definition) is 7. The van der Waals surface area contributed by atoms with Gasteiger partial charge in [0, 0.05) is 56.7 Å². The summed E-state index contributed by atoms with van der Waals surface area (Å²) in [5, 5.41) is 14.0. The summed E-state index contributed by atoms with van der Waals surface area (Å²) >= 11 is 0. The molecule has 4 aromatic heterocycles. The fraction of sp³-hybridized carbons (Fsp3) is 0.281. The molecule has 1 fully saturated rings. The number of imidazole rings is 1. The molecule has 1 atom stereocenters. The third kappa shape index (κ3) is 5.10. The Balaban J connectivity index is 1.21. The van der Waals surface area contributed by atoms with Crippen LogP contribution in [-0.2, 0) is 11.8 Å². The summed E-state index contributed by atoms with van der Waals surface area (Å²) in [4.78, 5) is 29.0. The van der Waals surface area contributed by atoms with E-state index in [0.29, 0.717) is 37.5 Å². The average molecular weight is 560 g/mol. The zero-order chi connectivity index (χ0) is 29.4. The van der Waals surface area contributed by atoms with E-state index in [-0.39, 0.29) is 11.9 Å². The normalized spacial score (nSPS) is 14.4. The van der Waals surface area contributed by atoms with Crippen molar-refractivity contribution >= 4 is 17.4 Å². The van der Waals surface area contributed by atoms with Gasteiger partial charge in [-0.1, -0.05) is 29.8 Å². The fourth-order valence-corrected chi connectivity index (χ4v) is 5.70. The van der Waals surface area contributed by atoms with Crippen LogP contribution in [0.25, 0.3) is 28.0 Å². The maximum Gasteiger partial charge on any atom is 0.244 e. The second kappa shape index (κ2) is 11.1. The molecule has 1 aliphatic rings. The first kappa shape index (κ1) is 27.2. The van der Waals surface area contributed by atoms with Crippen LogP contribution in [0.4, 0.5) is 5.82 Å². The van der Waals surface area contributed by atoms with Crippen LogP contribution in [0.2, 0.25) is 0 Å². The molecule has 1 saturated heterocycles. The first-order valence-corrected chi connectivity index (χ1v) is 14.0. The molecule has 0 spiro atoms. The van der Waals surface area contributed by atoms with Gasteiger partial charge in [0.15, 0.2) is 0 Å². The van der Waals surface area contributed by atoms with E-state index in [0.717, 1.165) is 39.3 Å². The van der Waals surface area contributed by atoms with Crippen molar-refractivity contribution in [2.24, 2.45) is 7.05 Å². The fourth-order valence-electron chi connectivity index (χ4n) is 5.70. The van der Waals surface area contributed by atoms with Gasteiger partial charge in [-0.3, -0.25) is 18.8 Å². The lowest BCUT2D eigenvalue weighted by molar-refractivity contribution is -0.136. The minimum atomic E-state index is -0.311. The zero-order valence-corrected chi connectivity index (χ0v) is 24.3. The van der Waals surface area contributed by atoms with Gasteiger partial charge in [0.2, 0.25) is 5.91 Å². The van der Waals surface area contributed by atoms with E-state index in [4.69, 9.17) is 4.98 Å². The minimum absolute atomic E-state index is 0.125. The molecule has 1 amide bonds. The number of carbonyl (C=O) groups is 1. The molecule has 0 saturated carbocycles. The molecule has 0 aliphatic carbocycles. The lowest BCUT2D eigenvalue weighted by atomic mass is 10.0. The second-order valence-electron chi connectivity index (χ2n) is 11.0. The number of nitrogens with zero attached hydrogens (tertiary/aromatic N) is 9. The molecule has 1 aromatic carbocycles. The average Bonchev–Trinajstić information content (AvgIpc) is 3.63. The van der Waals surface area contributed by atoms with E-state index in [1.54, 1.807) is 10.9 Å². The number of hydrogen-bond donors (Lipinski definition) is 0. The quantitative estimate of drug-likeness (QED) is 0.311. The summed E-state index contributed by atoms with van der Waals surface area (Å²) in [6.07, 6.45) is 7.21. The molecule has 0 radical (unpaired) electrons. The van der Waals surface area contributed by atoms with Crippen molar-refractivity contribution in [3.63, 3.8) is 0 Å². The van der Waals surface area contributed by atoms with E-state index >= 15 is 0 Å². The maximum absolute atomic E-state index is 13.6. The molecular formula is C32H33N9O. The summed E-state index contributed by atoms with van der Waals surface area (Å²) in [6.45, 7) is 4.72. The minimum Gasteiger partial charge on any atom is -0.353 e. The number of pyridine rings is 2. The summed E-state index contributed by atoms with van der Waals surface area (Å²) in [6, 6.07) is 18.2. The number of anilines is 1. The van der Waals surface area contributed by atoms with Crippen LogP contribution in [0.15, 0.2) is 73.3 Å². The first-order chi connectivity index (χ1) is 20.3. The molecule has 10 heteroatoms. The Kier molecular flexibility index (Phi) is 7.19. The highest BCUT2D eigenvalue weighted by Crippen LogP contribution is 2.30. The number of amides is 1. The number of aryl methyl sites for hydroxylation is 2. The molecule has 5 aromatic rings. The van der Waals surface area contributed by atoms with Crippen LogP contribution in [0, 0.1) is 18.3 Å². The van der Waals surface area contributed by atoms with Crippen LogP contribution in [0.1, 0.15) is 22.9 Å². The Hall–Kier alpha value is -5.01. The number of carbonyl (C=O) groups excluding carboxylic acids is 1. The standard InChI is InChI=1S/C32H33N9O/c1-22-6-5-7-23(14-22)31(37(2)3)32(42)40-12-10-39(11-13-40)29-9-8-24(18-34-29)28-15-25(26-19-36-38(4)21-26)16-30-35-20-27(17-33)41(28)30/h5-9,14-16,18-21,31H,10-13H2,1-4H3/t31-/m0/s1. The SMILES string of the molecule is Cc1cccc([C@@H](C(=O)N2CCN(c3ccc(-c4cc(-c5cnn(C)c5)cc5ncc(C#N)n45)cn3)CC2)N(C)C)c1. The van der Waals surface area contributed by atoms with Crippen molar-refractivity contribution in [3.05, 3.63) is 90.1 Å². The maximum atomic E-state index is 13.6. The predicted molar refractivity (Wildman–Crippen MR) is 162 cm³/mol. The Morgan fingerprint density at radius 3 is 2.40 bits per heavy atom. The second-order valence-corrected chi connectivity index (χ2v) is 11.0. The van der Waals surface area contributed by atoms with Crippen LogP contribution < -0.4 is 4.90 Å². The summed E-state index contributed by atoms with van der Waals surface area (Å²) in [5.74, 6) is 0.985. The van der Waals surface area contributed by atoms with E-state index in [9.17, 15) is 10.1 Å². The molecule has 0 unspecified atom stereocenters. The van der Waals surface area contributed by atoms with Crippen LogP contribution in [0.3, 0.4) is 0 Å². The Labute approximate surface area is 245 Å². The summed E-state index contributed by atoms with van der Waals surface area (Å²) in [5.41, 5.74) is 6.96. The largest absolute Gasteiger partial charge is 0.353 e. The molecule has 42 heavy (non-hydrogen) atoms. The Bertz CT molecular complexity index is 1790. The van der Waals surface area contributed by atoms with Crippen molar-refractivity contribution in [1.82, 2.24) is 33.9 Å². The van der Waals surface area contributed by atoms with Gasteiger partial charge >= 0.3 is 0 Å². The third-order valence-corrected chi connectivity index (χ3v) is 7.83. The Morgan fingerprint density at radius 1 is 0.952 bits per heavy atom. The highest BCUT2D eigenvalue weighted by molar-refractivity contribution is 5.83. The third-order valence-electron chi connectivity index (χ3n) is 7.83. The van der Waals surface area contributed by atoms with Gasteiger partial charge in [0.25, 0.3) is 0 Å². The summed E-state index contributed by atoms with van der Waals surface area (Å²) in [7, 11) is 5.79. The number of rotatable bonds is 6. The number of fused-ring (bicyclic) bond motifs is 1. The topological polar surface area (TPSA) is 98.6 Å². The zero-order valence-electron chi connectivity index (χ0n) is 24.3. The highest BCUT2D eigenvalue weighted by Gasteiger charge is 2.30. The molecule has 0 N–H and O–H groups in total. The monoisotopic (exact) mass is 559 g/mol. The molecule has 5 heterocycles. The van der Waals surface area contributed by atoms with Crippen molar-refractivity contribution in [2.75, 3.05) is 45.2 Å². The summed E-state index contributed by atoms with van der Waals surface area (Å²) < 4.78 is 3.62. The number of benzene rings is 1. The van der Waals surface area contributed by atoms with Crippen LogP contribution in [-0.4, -0.2) is 80.1 Å². The van der Waals surface area contributed by atoms with Gasteiger partial charge in [-0.05, 0) is 56.4 Å². The van der Waals surface area contributed by atoms with Crippen molar-refractivity contribution in [3.8, 4) is 28.5 Å². The molecule has 6 rings (SSSR count). The molecule has 1 aliphatic heterocycles. The molecule has 212 valence electrons. The van der Waals surface area contributed by atoms with Gasteiger partial charge < -0.3 is 9.80 Å². The van der Waals surface area contributed by atoms with Crippen molar-refractivity contribution < 1.29 is 4.79 Å². The number of likely N-dealkylation sites (N-methyl/N-ethyl adjacent to an activating group) is 1. The smallest absolute Gasteiger partial charge is 0.244 e. The van der Waals surface area contributed by atoms with Crippen molar-refractivity contribution in [1.29, 1.82) is 5.26 Å². The van der Waals surface area contributed by atoms with E-state index in [1.165, 1.54) is 0 Å². The van der Waals surface area contributed by atoms with Crippen LogP contribution >= 0.6 is 0 Å². The number of aromatic nitrogens is 5. The van der Waals surface area contributed by atoms with Gasteiger partial charge in [-0.15, -0.1) is 0 Å². The number of nitriles is 1. The Morgan fingerprint density at radius 2 is 1.76 bits per heavy atom. The van der Waals surface area contributed by atoms with Crippen LogP contribution in [0.5, 0.6) is 0 Å². The predicted octanol–water partition coefficient (Wildman–Crippen LogP) is 3.93. The van der Waals surface area contributed by atoms with Gasteiger partial charge in [0.1, 0.15) is 29.3 Å². The number of piperazine rings is 1. The lowest BCUT2D eigenvalue weighted by Crippen LogP contribution is -2.51. The van der Waals surface area contributed by atoms with Gasteiger partial charge in [0.05, 0.1) is 18.1 Å². The van der Waals surface area contributed by atoms with E-state index < -0.39 is 0 Å². The van der Waals surface area contributed by atoms with Crippen molar-refractivity contribution in [2.45, 2.75) is 13.0 Å². The molecular weight excluding hydrogens is 526 g/mol. The first-order valence-electron chi connectivity index (χ1n) is 14.0. The highest BCUT2D eigenvalue weighted by atomic mass is 16.2. The molecule has 0 bridgehead atoms. The van der Waals surface area contributed by atoms with E-state index in [2.05, 4.69) is 40.1 Å².